The first kappa shape index (κ1) is 38.4. The fraction of sp³-hybridized carbons (Fsp3) is 0.386. The van der Waals surface area contributed by atoms with E-state index in [0.717, 1.165) is 36.8 Å². The van der Waals surface area contributed by atoms with Crippen molar-refractivity contribution >= 4 is 34.7 Å². The van der Waals surface area contributed by atoms with Crippen LogP contribution in [0.3, 0.4) is 0 Å². The lowest BCUT2D eigenvalue weighted by Crippen LogP contribution is -2.57. The van der Waals surface area contributed by atoms with Crippen LogP contribution < -0.4 is 25.4 Å². The second kappa shape index (κ2) is 16.8. The summed E-state index contributed by atoms with van der Waals surface area (Å²) in [5.41, 5.74) is 1.54. The largest absolute Gasteiger partial charge is 0.497 e. The molecule has 12 heteroatoms. The molecular weight excluding hydrogens is 711 g/mol. The lowest BCUT2D eigenvalue weighted by molar-refractivity contribution is -0.144. The first-order valence-electron chi connectivity index (χ1n) is 19.4. The molecule has 0 spiro atoms. The molecule has 5 atom stereocenters. The predicted octanol–water partition coefficient (Wildman–Crippen LogP) is 5.90. The maximum Gasteiger partial charge on any atom is 0.330 e. The van der Waals surface area contributed by atoms with Gasteiger partial charge in [-0.3, -0.25) is 9.59 Å². The second-order valence-electron chi connectivity index (χ2n) is 15.2. The van der Waals surface area contributed by atoms with Gasteiger partial charge in [-0.15, -0.1) is 6.58 Å². The molecule has 12 nitrogen and oxygen atoms in total. The van der Waals surface area contributed by atoms with E-state index in [1.165, 1.54) is 17.4 Å². The number of carbonyl (C=O) groups is 4. The third kappa shape index (κ3) is 8.49. The molecule has 3 fully saturated rings. The summed E-state index contributed by atoms with van der Waals surface area (Å²) in [7, 11) is 1.58. The number of carbonyl (C=O) groups excluding carboxylic acids is 3. The van der Waals surface area contributed by atoms with Crippen molar-refractivity contribution in [3.63, 3.8) is 0 Å². The van der Waals surface area contributed by atoms with Gasteiger partial charge >= 0.3 is 12.0 Å². The Kier molecular flexibility index (Phi) is 11.5. The highest BCUT2D eigenvalue weighted by Crippen LogP contribution is 2.45. The first-order valence-corrected chi connectivity index (χ1v) is 19.4. The molecule has 7 rings (SSSR count). The van der Waals surface area contributed by atoms with Crippen molar-refractivity contribution in [3.8, 4) is 22.8 Å². The van der Waals surface area contributed by atoms with Crippen molar-refractivity contribution in [2.75, 3.05) is 20.2 Å². The molecule has 292 valence electrons. The summed E-state index contributed by atoms with van der Waals surface area (Å²) in [6.07, 6.45) is 6.96. The maximum atomic E-state index is 14.4. The summed E-state index contributed by atoms with van der Waals surface area (Å²) in [4.78, 5) is 60.9. The Hall–Kier alpha value is -5.91. The summed E-state index contributed by atoms with van der Waals surface area (Å²) < 4.78 is 12.2. The minimum absolute atomic E-state index is 0.00271. The number of fused-ring (bicyclic) bond motifs is 1. The molecule has 2 saturated carbocycles. The van der Waals surface area contributed by atoms with Crippen LogP contribution in [0.4, 0.5) is 4.79 Å². The summed E-state index contributed by atoms with van der Waals surface area (Å²) in [5, 5.41) is 19.6. The van der Waals surface area contributed by atoms with Gasteiger partial charge in [0, 0.05) is 48.4 Å². The molecule has 3 aliphatic rings. The summed E-state index contributed by atoms with van der Waals surface area (Å²) in [5.74, 6) is -1.01. The molecule has 2 aliphatic carbocycles. The van der Waals surface area contributed by atoms with Crippen molar-refractivity contribution in [1.29, 1.82) is 0 Å². The van der Waals surface area contributed by atoms with Gasteiger partial charge in [-0.1, -0.05) is 86.0 Å². The molecule has 4 N–H and O–H groups in total. The van der Waals surface area contributed by atoms with E-state index < -0.39 is 47.6 Å². The number of aliphatic carboxylic acids is 1. The van der Waals surface area contributed by atoms with Crippen LogP contribution >= 0.6 is 0 Å². The number of carboxylic acids is 1. The number of hydrogen-bond donors (Lipinski definition) is 4. The monoisotopic (exact) mass is 759 g/mol. The van der Waals surface area contributed by atoms with E-state index in [1.54, 1.807) is 7.11 Å². The van der Waals surface area contributed by atoms with E-state index in [4.69, 9.17) is 14.5 Å². The smallest absolute Gasteiger partial charge is 0.330 e. The molecule has 4 aromatic rings. The number of rotatable bonds is 14. The van der Waals surface area contributed by atoms with E-state index in [-0.39, 0.29) is 31.7 Å². The van der Waals surface area contributed by atoms with Gasteiger partial charge in [-0.05, 0) is 42.9 Å². The van der Waals surface area contributed by atoms with Crippen molar-refractivity contribution in [3.05, 3.63) is 103 Å². The van der Waals surface area contributed by atoms with E-state index in [1.807, 2.05) is 84.9 Å². The lowest BCUT2D eigenvalue weighted by atomic mass is 9.89. The number of nitrogens with zero attached hydrogens (tertiary/aromatic N) is 2. The average Bonchev–Trinajstić information content (AvgIpc) is 3.79. The van der Waals surface area contributed by atoms with Gasteiger partial charge in [0.15, 0.2) is 0 Å². The zero-order valence-electron chi connectivity index (χ0n) is 31.6. The van der Waals surface area contributed by atoms with Gasteiger partial charge in [0.05, 0.1) is 24.9 Å². The van der Waals surface area contributed by atoms with E-state index >= 15 is 0 Å². The Bertz CT molecular complexity index is 2070. The van der Waals surface area contributed by atoms with Crippen LogP contribution in [0.25, 0.3) is 22.2 Å². The zero-order chi connectivity index (χ0) is 39.2. The number of aromatic nitrogens is 1. The minimum atomic E-state index is -1.50. The van der Waals surface area contributed by atoms with E-state index in [9.17, 15) is 24.3 Å². The number of pyridine rings is 1. The van der Waals surface area contributed by atoms with Gasteiger partial charge in [-0.25, -0.2) is 14.6 Å². The average molecular weight is 760 g/mol. The topological polar surface area (TPSA) is 159 Å². The molecule has 56 heavy (non-hydrogen) atoms. The van der Waals surface area contributed by atoms with Crippen molar-refractivity contribution in [2.24, 2.45) is 11.8 Å². The first-order chi connectivity index (χ1) is 27.2. The van der Waals surface area contributed by atoms with Crippen LogP contribution in [0, 0.1) is 11.8 Å². The third-order valence-corrected chi connectivity index (χ3v) is 11.4. The fourth-order valence-corrected chi connectivity index (χ4v) is 8.06. The Balaban J connectivity index is 1.17. The fourth-order valence-electron chi connectivity index (χ4n) is 8.06. The van der Waals surface area contributed by atoms with Crippen LogP contribution in [0.2, 0.25) is 0 Å². The number of nitrogens with one attached hydrogen (secondary N) is 3. The standard InChI is InChI=1S/C44H49N5O7/c1-3-31-25-44(31,42(52)53)48-41(51)38-23-33(56-39-24-35(30-17-11-6-12-18-30)46-36-22-32(55-2)19-20-34(36)39)27-49(38)43(54)47-37(21-28-13-7-4-8-14-28)40(50)45-26-29-15-9-5-10-16-29/h3-4,6-8,11-14,17-20,22,24,29,31,33,37-38H,1,5,9-10,15-16,21,23,25-27H2,2H3,(H,45,50)(H,47,54)(H,48,51)(H,52,53)/t31?,33-,37?,38+,44?/m1/s1. The van der Waals surface area contributed by atoms with E-state index in [2.05, 4.69) is 22.5 Å². The van der Waals surface area contributed by atoms with Crippen LogP contribution in [0.15, 0.2) is 97.6 Å². The Labute approximate surface area is 326 Å². The van der Waals surface area contributed by atoms with E-state index in [0.29, 0.717) is 40.6 Å². The molecule has 0 radical (unpaired) electrons. The molecule has 3 unspecified atom stereocenters. The molecule has 1 aromatic heterocycles. The van der Waals surface area contributed by atoms with Gasteiger partial charge in [-0.2, -0.15) is 0 Å². The lowest BCUT2D eigenvalue weighted by Gasteiger charge is -2.28. The van der Waals surface area contributed by atoms with Crippen LogP contribution in [0.1, 0.15) is 50.5 Å². The summed E-state index contributed by atoms with van der Waals surface area (Å²) >= 11 is 0. The van der Waals surface area contributed by atoms with Crippen LogP contribution in [-0.4, -0.2) is 82.7 Å². The number of carboxylic acid groups (broad SMARTS) is 1. The number of hydrogen-bond acceptors (Lipinski definition) is 7. The Morgan fingerprint density at radius 2 is 1.73 bits per heavy atom. The SMILES string of the molecule is C=CC1CC1(NC(=O)[C@@H]1C[C@@H](Oc2cc(-c3ccccc3)nc3cc(OC)ccc23)CN1C(=O)NC(Cc1ccccc1)C(=O)NCC1CCCCC1)C(=O)O. The zero-order valence-corrected chi connectivity index (χ0v) is 31.6. The maximum absolute atomic E-state index is 14.4. The van der Waals surface area contributed by atoms with Gasteiger partial charge < -0.3 is 35.4 Å². The summed E-state index contributed by atoms with van der Waals surface area (Å²) in [6.45, 7) is 4.27. The molecule has 4 amide bonds. The van der Waals surface area contributed by atoms with Crippen LogP contribution in [-0.2, 0) is 20.8 Å². The normalized spacial score (nSPS) is 22.4. The van der Waals surface area contributed by atoms with Crippen LogP contribution in [0.5, 0.6) is 11.5 Å². The molecule has 2 heterocycles. The molecule has 3 aromatic carbocycles. The Morgan fingerprint density at radius 3 is 2.41 bits per heavy atom. The van der Waals surface area contributed by atoms with Crippen molar-refractivity contribution in [1.82, 2.24) is 25.8 Å². The third-order valence-electron chi connectivity index (χ3n) is 11.4. The quantitative estimate of drug-likeness (QED) is 0.116. The highest BCUT2D eigenvalue weighted by molar-refractivity contribution is 5.95. The second-order valence-corrected chi connectivity index (χ2v) is 15.2. The number of methoxy groups -OCH3 is 1. The highest BCUT2D eigenvalue weighted by Gasteiger charge is 2.61. The van der Waals surface area contributed by atoms with Crippen molar-refractivity contribution < 1.29 is 33.8 Å². The van der Waals surface area contributed by atoms with Gasteiger partial charge in [0.1, 0.15) is 35.2 Å². The Morgan fingerprint density at radius 1 is 1.00 bits per heavy atom. The van der Waals surface area contributed by atoms with Gasteiger partial charge in [0.2, 0.25) is 11.8 Å². The number of amides is 4. The highest BCUT2D eigenvalue weighted by atomic mass is 16.5. The minimum Gasteiger partial charge on any atom is -0.497 e. The summed E-state index contributed by atoms with van der Waals surface area (Å²) in [6, 6.07) is 23.8. The number of urea groups is 1. The molecule has 1 aliphatic heterocycles. The molecular formula is C44H49N5O7. The molecule has 1 saturated heterocycles. The number of benzene rings is 3. The molecule has 0 bridgehead atoms. The number of likely N-dealkylation sites (tertiary alicyclic amines) is 1. The number of ether oxygens (including phenoxy) is 2. The van der Waals surface area contributed by atoms with Gasteiger partial charge in [0.25, 0.3) is 0 Å². The predicted molar refractivity (Wildman–Crippen MR) is 212 cm³/mol. The van der Waals surface area contributed by atoms with Crippen molar-refractivity contribution in [2.45, 2.75) is 75.1 Å².